The van der Waals surface area contributed by atoms with Gasteiger partial charge < -0.3 is 4.74 Å². The fourth-order valence-electron chi connectivity index (χ4n) is 2.50. The molecule has 0 heterocycles. The van der Waals surface area contributed by atoms with Crippen LogP contribution < -0.4 is 4.74 Å². The molecule has 0 amide bonds. The molecule has 94 valence electrons. The van der Waals surface area contributed by atoms with Gasteiger partial charge in [0.25, 0.3) is 0 Å². The number of hydrogen-bond acceptors (Lipinski definition) is 2. The van der Waals surface area contributed by atoms with Crippen LogP contribution in [0.15, 0.2) is 48.5 Å². The van der Waals surface area contributed by atoms with E-state index in [0.717, 1.165) is 32.9 Å². The fourth-order valence-corrected chi connectivity index (χ4v) is 2.50. The Balaban J connectivity index is 2.50. The van der Waals surface area contributed by atoms with Crippen molar-refractivity contribution in [3.63, 3.8) is 0 Å². The lowest BCUT2D eigenvalue weighted by molar-refractivity contribution is 0.101. The first-order chi connectivity index (χ1) is 9.20. The Labute approximate surface area is 111 Å². The van der Waals surface area contributed by atoms with E-state index in [-0.39, 0.29) is 5.78 Å². The van der Waals surface area contributed by atoms with Crippen molar-refractivity contribution < 1.29 is 9.53 Å². The second-order valence-corrected chi connectivity index (χ2v) is 4.61. The zero-order chi connectivity index (χ0) is 13.4. The highest BCUT2D eigenvalue weighted by Crippen LogP contribution is 2.31. The number of Topliss-reactive ketones (excluding diaryl/α,β-unsaturated/α-hetero) is 1. The molecule has 0 aliphatic rings. The average Bonchev–Trinajstić information content (AvgIpc) is 2.45. The molecular formula is C17H14O2. The number of fused-ring (bicyclic) bond motifs is 3. The minimum atomic E-state index is 0.0916. The third-order valence-electron chi connectivity index (χ3n) is 3.45. The third kappa shape index (κ3) is 1.85. The highest BCUT2D eigenvalue weighted by molar-refractivity contribution is 6.17. The third-order valence-corrected chi connectivity index (χ3v) is 3.45. The predicted molar refractivity (Wildman–Crippen MR) is 78.0 cm³/mol. The van der Waals surface area contributed by atoms with Gasteiger partial charge in [-0.2, -0.15) is 0 Å². The van der Waals surface area contributed by atoms with Gasteiger partial charge in [0, 0.05) is 5.56 Å². The van der Waals surface area contributed by atoms with Gasteiger partial charge in [-0.25, -0.2) is 0 Å². The van der Waals surface area contributed by atoms with E-state index in [1.54, 1.807) is 14.0 Å². The van der Waals surface area contributed by atoms with E-state index in [9.17, 15) is 4.79 Å². The Bertz CT molecular complexity index is 788. The van der Waals surface area contributed by atoms with Crippen molar-refractivity contribution >= 4 is 27.3 Å². The normalized spacial score (nSPS) is 10.8. The van der Waals surface area contributed by atoms with Crippen LogP contribution in [0.25, 0.3) is 21.5 Å². The lowest BCUT2D eigenvalue weighted by Gasteiger charge is -2.09. The molecule has 0 spiro atoms. The van der Waals surface area contributed by atoms with E-state index in [2.05, 4.69) is 0 Å². The Morgan fingerprint density at radius 3 is 2.37 bits per heavy atom. The van der Waals surface area contributed by atoms with Crippen molar-refractivity contribution in [1.29, 1.82) is 0 Å². The minimum absolute atomic E-state index is 0.0916. The molecule has 0 unspecified atom stereocenters. The van der Waals surface area contributed by atoms with Gasteiger partial charge in [-0.1, -0.05) is 30.3 Å². The highest BCUT2D eigenvalue weighted by atomic mass is 16.5. The van der Waals surface area contributed by atoms with E-state index < -0.39 is 0 Å². The Kier molecular flexibility index (Phi) is 2.71. The molecule has 0 saturated heterocycles. The molecule has 3 aromatic rings. The SMILES string of the molecule is COc1ccc2cc(C(C)=O)c3ccccc3c2c1. The van der Waals surface area contributed by atoms with Gasteiger partial charge in [-0.3, -0.25) is 4.79 Å². The largest absolute Gasteiger partial charge is 0.497 e. The molecule has 0 atom stereocenters. The van der Waals surface area contributed by atoms with Gasteiger partial charge in [-0.15, -0.1) is 0 Å². The van der Waals surface area contributed by atoms with E-state index >= 15 is 0 Å². The quantitative estimate of drug-likeness (QED) is 0.503. The van der Waals surface area contributed by atoms with Crippen LogP contribution in [0.2, 0.25) is 0 Å². The maximum absolute atomic E-state index is 11.8. The minimum Gasteiger partial charge on any atom is -0.497 e. The summed E-state index contributed by atoms with van der Waals surface area (Å²) in [5.41, 5.74) is 0.772. The standard InChI is InChI=1S/C17H14O2/c1-11(18)16-9-12-7-8-13(19-2)10-17(12)15-6-4-3-5-14(15)16/h3-10H,1-2H3. The Morgan fingerprint density at radius 2 is 1.68 bits per heavy atom. The van der Waals surface area contributed by atoms with Crippen LogP contribution in [0.4, 0.5) is 0 Å². The molecule has 0 aromatic heterocycles. The molecule has 0 aliphatic carbocycles. The summed E-state index contributed by atoms with van der Waals surface area (Å²) in [5.74, 6) is 0.919. The van der Waals surface area contributed by atoms with Gasteiger partial charge in [0.15, 0.2) is 5.78 Å². The van der Waals surface area contributed by atoms with Crippen molar-refractivity contribution in [2.75, 3.05) is 7.11 Å². The first kappa shape index (κ1) is 11.7. The van der Waals surface area contributed by atoms with Gasteiger partial charge in [0.05, 0.1) is 7.11 Å². The van der Waals surface area contributed by atoms with Crippen LogP contribution in [-0.2, 0) is 0 Å². The summed E-state index contributed by atoms with van der Waals surface area (Å²) in [5, 5.41) is 4.25. The summed E-state index contributed by atoms with van der Waals surface area (Å²) in [6, 6.07) is 15.9. The number of carbonyl (C=O) groups is 1. The van der Waals surface area contributed by atoms with E-state index in [1.807, 2.05) is 48.5 Å². The lowest BCUT2D eigenvalue weighted by Crippen LogP contribution is -1.94. The molecule has 0 fully saturated rings. The molecular weight excluding hydrogens is 236 g/mol. The predicted octanol–water partition coefficient (Wildman–Crippen LogP) is 4.20. The number of methoxy groups -OCH3 is 1. The molecule has 0 saturated carbocycles. The molecule has 0 radical (unpaired) electrons. The van der Waals surface area contributed by atoms with Crippen molar-refractivity contribution in [2.24, 2.45) is 0 Å². The van der Waals surface area contributed by atoms with Crippen LogP contribution in [0.1, 0.15) is 17.3 Å². The first-order valence-corrected chi connectivity index (χ1v) is 6.21. The van der Waals surface area contributed by atoms with Gasteiger partial charge >= 0.3 is 0 Å². The zero-order valence-electron chi connectivity index (χ0n) is 10.9. The summed E-state index contributed by atoms with van der Waals surface area (Å²) in [6.07, 6.45) is 0. The highest BCUT2D eigenvalue weighted by Gasteiger charge is 2.10. The van der Waals surface area contributed by atoms with Crippen LogP contribution >= 0.6 is 0 Å². The summed E-state index contributed by atoms with van der Waals surface area (Å²) < 4.78 is 5.28. The van der Waals surface area contributed by atoms with Gasteiger partial charge in [0.1, 0.15) is 5.75 Å². The topological polar surface area (TPSA) is 26.3 Å². The van der Waals surface area contributed by atoms with Gasteiger partial charge in [0.2, 0.25) is 0 Å². The summed E-state index contributed by atoms with van der Waals surface area (Å²) >= 11 is 0. The molecule has 3 rings (SSSR count). The molecule has 2 heteroatoms. The van der Waals surface area contributed by atoms with Crippen molar-refractivity contribution in [3.8, 4) is 5.75 Å². The maximum Gasteiger partial charge on any atom is 0.160 e. The summed E-state index contributed by atoms with van der Waals surface area (Å²) in [4.78, 5) is 11.8. The van der Waals surface area contributed by atoms with Crippen molar-refractivity contribution in [3.05, 3.63) is 54.1 Å². The van der Waals surface area contributed by atoms with Crippen LogP contribution in [0.5, 0.6) is 5.75 Å². The first-order valence-electron chi connectivity index (χ1n) is 6.21. The Morgan fingerprint density at radius 1 is 0.947 bits per heavy atom. The number of rotatable bonds is 2. The van der Waals surface area contributed by atoms with Crippen LogP contribution in [0.3, 0.4) is 0 Å². The van der Waals surface area contributed by atoms with E-state index in [0.29, 0.717) is 0 Å². The number of carbonyl (C=O) groups excluding carboxylic acids is 1. The molecule has 0 aliphatic heterocycles. The number of hydrogen-bond donors (Lipinski definition) is 0. The maximum atomic E-state index is 11.8. The Hall–Kier alpha value is -2.35. The number of benzene rings is 3. The molecule has 2 nitrogen and oxygen atoms in total. The molecule has 19 heavy (non-hydrogen) atoms. The summed E-state index contributed by atoms with van der Waals surface area (Å²) in [6.45, 7) is 1.61. The van der Waals surface area contributed by atoms with Crippen molar-refractivity contribution in [2.45, 2.75) is 6.92 Å². The molecule has 0 N–H and O–H groups in total. The monoisotopic (exact) mass is 250 g/mol. The van der Waals surface area contributed by atoms with Gasteiger partial charge in [-0.05, 0) is 46.7 Å². The number of ketones is 1. The molecule has 0 bridgehead atoms. The smallest absolute Gasteiger partial charge is 0.160 e. The zero-order valence-corrected chi connectivity index (χ0v) is 10.9. The average molecular weight is 250 g/mol. The van der Waals surface area contributed by atoms with E-state index in [1.165, 1.54) is 0 Å². The van der Waals surface area contributed by atoms with E-state index in [4.69, 9.17) is 4.74 Å². The van der Waals surface area contributed by atoms with Crippen molar-refractivity contribution in [1.82, 2.24) is 0 Å². The lowest BCUT2D eigenvalue weighted by atomic mass is 9.95. The van der Waals surface area contributed by atoms with Crippen LogP contribution in [0, 0.1) is 0 Å². The second kappa shape index (κ2) is 4.39. The van der Waals surface area contributed by atoms with Crippen LogP contribution in [-0.4, -0.2) is 12.9 Å². The fraction of sp³-hybridized carbons (Fsp3) is 0.118. The second-order valence-electron chi connectivity index (χ2n) is 4.61. The molecule has 3 aromatic carbocycles. The summed E-state index contributed by atoms with van der Waals surface area (Å²) in [7, 11) is 1.66. The number of ether oxygens (including phenoxy) is 1.